The number of rotatable bonds is 2. The quantitative estimate of drug-likeness (QED) is 0.672. The number of nitrogens with one attached hydrogen (secondary N) is 1. The minimum Gasteiger partial charge on any atom is -0.339 e. The molecule has 0 aromatic carbocycles. The van der Waals surface area contributed by atoms with Crippen molar-refractivity contribution < 1.29 is 4.79 Å². The number of piperazine rings is 1. The van der Waals surface area contributed by atoms with E-state index in [1.807, 2.05) is 0 Å². The Morgan fingerprint density at radius 1 is 1.00 bits per heavy atom. The molecule has 2 bridgehead atoms. The Morgan fingerprint density at radius 3 is 2.19 bits per heavy atom. The van der Waals surface area contributed by atoms with Crippen LogP contribution in [-0.2, 0) is 4.79 Å². The van der Waals surface area contributed by atoms with E-state index < -0.39 is 0 Å². The lowest BCUT2D eigenvalue weighted by molar-refractivity contribution is -0.123. The van der Waals surface area contributed by atoms with Crippen LogP contribution in [0.25, 0.3) is 0 Å². The van der Waals surface area contributed by atoms with Crippen LogP contribution in [0.2, 0.25) is 0 Å². The molecule has 0 saturated carbocycles. The molecule has 0 spiro atoms. The van der Waals surface area contributed by atoms with Gasteiger partial charge in [-0.2, -0.15) is 0 Å². The molecule has 90 valence electrons. The maximum atomic E-state index is 11.0. The van der Waals surface area contributed by atoms with Crippen LogP contribution in [0.4, 0.5) is 0 Å². The average Bonchev–Trinajstić information content (AvgIpc) is 2.59. The van der Waals surface area contributed by atoms with Crippen LogP contribution in [0.5, 0.6) is 0 Å². The predicted octanol–water partition coefficient (Wildman–Crippen LogP) is 0.0434. The lowest BCUT2D eigenvalue weighted by Crippen LogP contribution is -2.54. The van der Waals surface area contributed by atoms with Gasteiger partial charge in [-0.15, -0.1) is 0 Å². The van der Waals surface area contributed by atoms with Gasteiger partial charge >= 0.3 is 0 Å². The molecular formula is C12H21N3O. The molecule has 3 heterocycles. The van der Waals surface area contributed by atoms with Gasteiger partial charge in [0.25, 0.3) is 0 Å². The van der Waals surface area contributed by atoms with Gasteiger partial charge in [-0.05, 0) is 25.7 Å². The molecule has 1 amide bonds. The summed E-state index contributed by atoms with van der Waals surface area (Å²) in [6.45, 7) is 4.63. The summed E-state index contributed by atoms with van der Waals surface area (Å²) in [4.78, 5) is 15.7. The highest BCUT2D eigenvalue weighted by molar-refractivity contribution is 5.49. The van der Waals surface area contributed by atoms with E-state index in [1.165, 1.54) is 38.8 Å². The summed E-state index contributed by atoms with van der Waals surface area (Å²) in [6, 6.07) is 1.81. The van der Waals surface area contributed by atoms with E-state index in [0.29, 0.717) is 12.1 Å². The molecule has 3 rings (SSSR count). The summed E-state index contributed by atoms with van der Waals surface area (Å²) in [6.07, 6.45) is 5.94. The van der Waals surface area contributed by atoms with Crippen LogP contribution in [-0.4, -0.2) is 60.5 Å². The van der Waals surface area contributed by atoms with Gasteiger partial charge in [0.1, 0.15) is 0 Å². The van der Waals surface area contributed by atoms with Crippen LogP contribution in [0.3, 0.4) is 0 Å². The van der Waals surface area contributed by atoms with E-state index in [0.717, 1.165) is 25.5 Å². The van der Waals surface area contributed by atoms with Crippen molar-refractivity contribution in [2.45, 2.75) is 43.8 Å². The van der Waals surface area contributed by atoms with Gasteiger partial charge in [0.15, 0.2) is 0 Å². The molecule has 0 radical (unpaired) electrons. The van der Waals surface area contributed by atoms with Crippen molar-refractivity contribution in [1.82, 2.24) is 15.1 Å². The number of fused-ring (bicyclic) bond motifs is 2. The van der Waals surface area contributed by atoms with E-state index >= 15 is 0 Å². The Morgan fingerprint density at radius 2 is 1.62 bits per heavy atom. The number of hydrogen-bond donors (Lipinski definition) is 1. The Kier molecular flexibility index (Phi) is 2.86. The summed E-state index contributed by atoms with van der Waals surface area (Å²) in [5.41, 5.74) is 0. The van der Waals surface area contributed by atoms with Gasteiger partial charge in [-0.3, -0.25) is 9.69 Å². The van der Waals surface area contributed by atoms with Crippen molar-refractivity contribution >= 4 is 6.41 Å². The Bertz CT molecular complexity index is 251. The standard InChI is InChI=1S/C12H21N3O/c16-9-15-10-1-2-11(15)8-12(7-10)14-5-3-13-4-6-14/h9-13H,1-8H2. The highest BCUT2D eigenvalue weighted by Crippen LogP contribution is 2.36. The SMILES string of the molecule is O=CN1C2CCC1CC(N1CCNCC1)C2. The first-order valence-electron chi connectivity index (χ1n) is 6.56. The van der Waals surface area contributed by atoms with Gasteiger partial charge in [0, 0.05) is 44.3 Å². The van der Waals surface area contributed by atoms with E-state index in [1.54, 1.807) is 0 Å². The van der Waals surface area contributed by atoms with Crippen LogP contribution in [0.1, 0.15) is 25.7 Å². The molecule has 0 aromatic rings. The van der Waals surface area contributed by atoms with E-state index in [4.69, 9.17) is 0 Å². The molecule has 2 atom stereocenters. The van der Waals surface area contributed by atoms with Crippen LogP contribution in [0, 0.1) is 0 Å². The van der Waals surface area contributed by atoms with Crippen LogP contribution in [0.15, 0.2) is 0 Å². The van der Waals surface area contributed by atoms with Crippen molar-refractivity contribution in [3.05, 3.63) is 0 Å². The first kappa shape index (κ1) is 10.5. The lowest BCUT2D eigenvalue weighted by Gasteiger charge is -2.43. The second-order valence-corrected chi connectivity index (χ2v) is 5.35. The summed E-state index contributed by atoms with van der Waals surface area (Å²) < 4.78 is 0. The van der Waals surface area contributed by atoms with Crippen LogP contribution < -0.4 is 5.32 Å². The molecular weight excluding hydrogens is 202 g/mol. The Labute approximate surface area is 97.0 Å². The third-order valence-corrected chi connectivity index (χ3v) is 4.55. The smallest absolute Gasteiger partial charge is 0.210 e. The van der Waals surface area contributed by atoms with Crippen molar-refractivity contribution in [3.63, 3.8) is 0 Å². The van der Waals surface area contributed by atoms with E-state index in [2.05, 4.69) is 15.1 Å². The molecule has 4 heteroatoms. The highest BCUT2D eigenvalue weighted by Gasteiger charge is 2.41. The van der Waals surface area contributed by atoms with Gasteiger partial charge in [0.2, 0.25) is 6.41 Å². The monoisotopic (exact) mass is 223 g/mol. The fraction of sp³-hybridized carbons (Fsp3) is 0.917. The molecule has 3 aliphatic rings. The average molecular weight is 223 g/mol. The lowest BCUT2D eigenvalue weighted by atomic mass is 9.96. The van der Waals surface area contributed by atoms with Crippen molar-refractivity contribution in [2.75, 3.05) is 26.2 Å². The predicted molar refractivity (Wildman–Crippen MR) is 62.2 cm³/mol. The third-order valence-electron chi connectivity index (χ3n) is 4.55. The zero-order chi connectivity index (χ0) is 11.0. The van der Waals surface area contributed by atoms with Crippen molar-refractivity contribution in [1.29, 1.82) is 0 Å². The third kappa shape index (κ3) is 1.74. The molecule has 3 fully saturated rings. The van der Waals surface area contributed by atoms with Gasteiger partial charge in [-0.25, -0.2) is 0 Å². The summed E-state index contributed by atoms with van der Waals surface area (Å²) in [5, 5.41) is 3.40. The number of carbonyl (C=O) groups is 1. The minimum absolute atomic E-state index is 0.538. The molecule has 16 heavy (non-hydrogen) atoms. The summed E-state index contributed by atoms with van der Waals surface area (Å²) >= 11 is 0. The fourth-order valence-corrected chi connectivity index (χ4v) is 3.70. The number of amides is 1. The molecule has 0 aliphatic carbocycles. The fourth-order valence-electron chi connectivity index (χ4n) is 3.70. The van der Waals surface area contributed by atoms with E-state index in [9.17, 15) is 4.79 Å². The molecule has 0 aromatic heterocycles. The first-order chi connectivity index (χ1) is 7.88. The normalized spacial score (nSPS) is 40.0. The number of hydrogen-bond acceptors (Lipinski definition) is 3. The first-order valence-corrected chi connectivity index (χ1v) is 6.56. The topological polar surface area (TPSA) is 35.6 Å². The largest absolute Gasteiger partial charge is 0.339 e. The zero-order valence-electron chi connectivity index (χ0n) is 9.77. The van der Waals surface area contributed by atoms with E-state index in [-0.39, 0.29) is 0 Å². The van der Waals surface area contributed by atoms with Gasteiger partial charge < -0.3 is 10.2 Å². The maximum absolute atomic E-state index is 11.0. The molecule has 2 unspecified atom stereocenters. The molecule has 1 N–H and O–H groups in total. The highest BCUT2D eigenvalue weighted by atomic mass is 16.1. The van der Waals surface area contributed by atoms with Crippen molar-refractivity contribution in [3.8, 4) is 0 Å². The zero-order valence-corrected chi connectivity index (χ0v) is 9.77. The molecule has 4 nitrogen and oxygen atoms in total. The summed E-state index contributed by atoms with van der Waals surface area (Å²) in [5.74, 6) is 0. The molecule has 3 aliphatic heterocycles. The Hall–Kier alpha value is -0.610. The maximum Gasteiger partial charge on any atom is 0.210 e. The van der Waals surface area contributed by atoms with Gasteiger partial charge in [0.05, 0.1) is 0 Å². The van der Waals surface area contributed by atoms with Gasteiger partial charge in [-0.1, -0.05) is 0 Å². The molecule has 3 saturated heterocycles. The number of carbonyl (C=O) groups excluding carboxylic acids is 1. The second-order valence-electron chi connectivity index (χ2n) is 5.35. The summed E-state index contributed by atoms with van der Waals surface area (Å²) in [7, 11) is 0. The number of piperidine rings is 1. The van der Waals surface area contributed by atoms with Crippen molar-refractivity contribution in [2.24, 2.45) is 0 Å². The minimum atomic E-state index is 0.538. The Balaban J connectivity index is 1.65. The van der Waals surface area contributed by atoms with Crippen LogP contribution >= 0.6 is 0 Å². The number of nitrogens with zero attached hydrogens (tertiary/aromatic N) is 2. The second kappa shape index (κ2) is 4.34.